The maximum absolute atomic E-state index is 11.8. The van der Waals surface area contributed by atoms with Crippen molar-refractivity contribution >= 4 is 5.78 Å². The van der Waals surface area contributed by atoms with Crippen molar-refractivity contribution in [3.8, 4) is 5.75 Å². The zero-order valence-corrected chi connectivity index (χ0v) is 9.28. The molecular formula is C12H16O3. The highest BCUT2D eigenvalue weighted by atomic mass is 16.5. The number of phenols is 1. The number of benzene rings is 1. The van der Waals surface area contributed by atoms with Gasteiger partial charge < -0.3 is 9.84 Å². The monoisotopic (exact) mass is 208 g/mol. The molecule has 0 aliphatic heterocycles. The molecule has 0 fully saturated rings. The number of aromatic hydroxyl groups is 1. The van der Waals surface area contributed by atoms with Crippen molar-refractivity contribution in [3.63, 3.8) is 0 Å². The number of methoxy groups -OCH3 is 1. The fourth-order valence-corrected chi connectivity index (χ4v) is 1.13. The van der Waals surface area contributed by atoms with Crippen LogP contribution in [0, 0.1) is 0 Å². The molecule has 1 rings (SSSR count). The highest BCUT2D eigenvalue weighted by molar-refractivity contribution is 5.88. The lowest BCUT2D eigenvalue weighted by molar-refractivity contribution is -0.136. The fraction of sp³-hybridized carbons (Fsp3) is 0.417. The van der Waals surface area contributed by atoms with E-state index < -0.39 is 5.60 Å². The molecule has 0 aliphatic rings. The summed E-state index contributed by atoms with van der Waals surface area (Å²) in [7, 11) is 1.52. The van der Waals surface area contributed by atoms with Gasteiger partial charge in [0.2, 0.25) is 0 Å². The van der Waals surface area contributed by atoms with Crippen LogP contribution in [0.4, 0.5) is 0 Å². The van der Waals surface area contributed by atoms with E-state index in [2.05, 4.69) is 0 Å². The molecule has 0 aliphatic carbocycles. The molecule has 0 saturated carbocycles. The average molecular weight is 208 g/mol. The number of hydrogen-bond donors (Lipinski definition) is 1. The Hall–Kier alpha value is -1.35. The minimum Gasteiger partial charge on any atom is -0.508 e. The number of ether oxygens (including phenoxy) is 1. The molecule has 0 saturated heterocycles. The Morgan fingerprint density at radius 1 is 1.33 bits per heavy atom. The van der Waals surface area contributed by atoms with Crippen LogP contribution in [0.25, 0.3) is 0 Å². The predicted octanol–water partition coefficient (Wildman–Crippen LogP) is 1.93. The van der Waals surface area contributed by atoms with Gasteiger partial charge in [0, 0.05) is 13.5 Å². The van der Waals surface area contributed by atoms with Crippen LogP contribution in [-0.2, 0) is 16.0 Å². The second-order valence-electron chi connectivity index (χ2n) is 3.98. The number of Topliss-reactive ketones (excluding diaryl/α,β-unsaturated/α-hetero) is 1. The molecule has 0 spiro atoms. The minimum absolute atomic E-state index is 0.0238. The molecule has 3 nitrogen and oxygen atoms in total. The molecule has 0 aromatic heterocycles. The minimum atomic E-state index is -0.752. The van der Waals surface area contributed by atoms with Gasteiger partial charge in [-0.25, -0.2) is 0 Å². The lowest BCUT2D eigenvalue weighted by Crippen LogP contribution is -2.35. The predicted molar refractivity (Wildman–Crippen MR) is 57.9 cm³/mol. The third-order valence-electron chi connectivity index (χ3n) is 2.48. The molecular weight excluding hydrogens is 192 g/mol. The maximum atomic E-state index is 11.8. The summed E-state index contributed by atoms with van der Waals surface area (Å²) in [6.07, 6.45) is 0.321. The van der Waals surface area contributed by atoms with Crippen molar-refractivity contribution in [2.75, 3.05) is 7.11 Å². The summed E-state index contributed by atoms with van der Waals surface area (Å²) in [5, 5.41) is 9.09. The van der Waals surface area contributed by atoms with Crippen molar-refractivity contribution in [1.82, 2.24) is 0 Å². The Morgan fingerprint density at radius 3 is 2.33 bits per heavy atom. The van der Waals surface area contributed by atoms with E-state index in [1.165, 1.54) is 7.11 Å². The first-order valence-corrected chi connectivity index (χ1v) is 4.82. The lowest BCUT2D eigenvalue weighted by atomic mass is 9.97. The molecule has 1 aromatic carbocycles. The molecule has 0 radical (unpaired) electrons. The van der Waals surface area contributed by atoms with E-state index in [1.54, 1.807) is 38.1 Å². The molecule has 0 unspecified atom stereocenters. The van der Waals surface area contributed by atoms with Gasteiger partial charge in [0.1, 0.15) is 11.4 Å². The normalized spacial score (nSPS) is 11.4. The molecule has 82 valence electrons. The topological polar surface area (TPSA) is 46.5 Å². The van der Waals surface area contributed by atoms with Gasteiger partial charge in [-0.3, -0.25) is 4.79 Å². The smallest absolute Gasteiger partial charge is 0.168 e. The third-order valence-corrected chi connectivity index (χ3v) is 2.48. The van der Waals surface area contributed by atoms with Gasteiger partial charge in [-0.15, -0.1) is 0 Å². The zero-order valence-electron chi connectivity index (χ0n) is 9.28. The Labute approximate surface area is 89.7 Å². The summed E-state index contributed by atoms with van der Waals surface area (Å²) in [5.74, 6) is 0.230. The van der Waals surface area contributed by atoms with Gasteiger partial charge in [0.25, 0.3) is 0 Å². The lowest BCUT2D eigenvalue weighted by Gasteiger charge is -2.21. The Morgan fingerprint density at radius 2 is 1.87 bits per heavy atom. The zero-order chi connectivity index (χ0) is 11.5. The largest absolute Gasteiger partial charge is 0.508 e. The van der Waals surface area contributed by atoms with Crippen LogP contribution in [0.15, 0.2) is 24.3 Å². The summed E-state index contributed by atoms with van der Waals surface area (Å²) >= 11 is 0. The first-order chi connectivity index (χ1) is 6.95. The van der Waals surface area contributed by atoms with E-state index in [0.29, 0.717) is 6.42 Å². The van der Waals surface area contributed by atoms with Crippen molar-refractivity contribution < 1.29 is 14.6 Å². The van der Waals surface area contributed by atoms with E-state index in [-0.39, 0.29) is 11.5 Å². The summed E-state index contributed by atoms with van der Waals surface area (Å²) in [6.45, 7) is 3.49. The first kappa shape index (κ1) is 11.7. The summed E-state index contributed by atoms with van der Waals surface area (Å²) in [5.41, 5.74) is 0.126. The molecule has 0 amide bonds. The number of carbonyl (C=O) groups is 1. The van der Waals surface area contributed by atoms with Crippen LogP contribution in [0.1, 0.15) is 19.4 Å². The molecule has 3 heteroatoms. The Kier molecular flexibility index (Phi) is 3.48. The molecule has 0 bridgehead atoms. The van der Waals surface area contributed by atoms with E-state index >= 15 is 0 Å². The van der Waals surface area contributed by atoms with E-state index in [1.807, 2.05) is 0 Å². The van der Waals surface area contributed by atoms with Gasteiger partial charge in [0.15, 0.2) is 5.78 Å². The van der Waals surface area contributed by atoms with Crippen LogP contribution in [0.2, 0.25) is 0 Å². The van der Waals surface area contributed by atoms with Gasteiger partial charge in [-0.05, 0) is 31.5 Å². The second kappa shape index (κ2) is 4.45. The van der Waals surface area contributed by atoms with Crippen molar-refractivity contribution in [1.29, 1.82) is 0 Å². The van der Waals surface area contributed by atoms with Crippen molar-refractivity contribution in [2.24, 2.45) is 0 Å². The Bertz CT molecular complexity index is 338. The van der Waals surface area contributed by atoms with E-state index in [4.69, 9.17) is 9.84 Å². The highest BCUT2D eigenvalue weighted by Gasteiger charge is 2.26. The number of ketones is 1. The van der Waals surface area contributed by atoms with Crippen LogP contribution in [0.3, 0.4) is 0 Å². The molecule has 15 heavy (non-hydrogen) atoms. The van der Waals surface area contributed by atoms with Crippen molar-refractivity contribution in [3.05, 3.63) is 29.8 Å². The first-order valence-electron chi connectivity index (χ1n) is 4.82. The average Bonchev–Trinajstić information content (AvgIpc) is 2.21. The number of rotatable bonds is 4. The van der Waals surface area contributed by atoms with E-state index in [0.717, 1.165) is 5.56 Å². The summed E-state index contributed by atoms with van der Waals surface area (Å²) < 4.78 is 5.10. The van der Waals surface area contributed by atoms with Crippen LogP contribution < -0.4 is 0 Å². The third kappa shape index (κ3) is 3.06. The Balaban J connectivity index is 2.71. The van der Waals surface area contributed by atoms with Crippen LogP contribution in [-0.4, -0.2) is 23.6 Å². The van der Waals surface area contributed by atoms with Gasteiger partial charge >= 0.3 is 0 Å². The SMILES string of the molecule is COC(C)(C)C(=O)Cc1ccc(O)cc1. The second-order valence-corrected chi connectivity index (χ2v) is 3.98. The van der Waals surface area contributed by atoms with Gasteiger partial charge in [0.05, 0.1) is 0 Å². The van der Waals surface area contributed by atoms with Crippen LogP contribution in [0.5, 0.6) is 5.75 Å². The van der Waals surface area contributed by atoms with Crippen LogP contribution >= 0.6 is 0 Å². The van der Waals surface area contributed by atoms with Gasteiger partial charge in [-0.1, -0.05) is 12.1 Å². The highest BCUT2D eigenvalue weighted by Crippen LogP contribution is 2.15. The number of carbonyl (C=O) groups excluding carboxylic acids is 1. The van der Waals surface area contributed by atoms with Crippen molar-refractivity contribution in [2.45, 2.75) is 25.9 Å². The van der Waals surface area contributed by atoms with E-state index in [9.17, 15) is 4.79 Å². The standard InChI is InChI=1S/C12H16O3/c1-12(2,15-3)11(14)8-9-4-6-10(13)7-5-9/h4-7,13H,8H2,1-3H3. The summed E-state index contributed by atoms with van der Waals surface area (Å²) in [4.78, 5) is 11.8. The number of hydrogen-bond acceptors (Lipinski definition) is 3. The quantitative estimate of drug-likeness (QED) is 0.822. The summed E-state index contributed by atoms with van der Waals surface area (Å²) in [6, 6.07) is 6.61. The molecule has 0 atom stereocenters. The molecule has 0 heterocycles. The fourth-order valence-electron chi connectivity index (χ4n) is 1.13. The molecule has 1 aromatic rings. The maximum Gasteiger partial charge on any atom is 0.168 e. The number of phenolic OH excluding ortho intramolecular Hbond substituents is 1. The van der Waals surface area contributed by atoms with Gasteiger partial charge in [-0.2, -0.15) is 0 Å². The molecule has 1 N–H and O–H groups in total.